The molecule has 27 heavy (non-hydrogen) atoms. The normalized spacial score (nSPS) is 12.7. The minimum Gasteiger partial charge on any atom is -0.247 e. The van der Waals surface area contributed by atoms with Crippen LogP contribution in [0.4, 0.5) is 0 Å². The molecule has 0 amide bonds. The molecule has 0 fully saturated rings. The SMILES string of the molecule is Cc1ccc(S(=O)c2nc(C)cc(C)c2S(=O)(=O)c2ccc(C)cc2)cc1. The maximum atomic E-state index is 13.3. The second kappa shape index (κ2) is 7.37. The van der Waals surface area contributed by atoms with Gasteiger partial charge in [-0.3, -0.25) is 0 Å². The van der Waals surface area contributed by atoms with E-state index in [1.807, 2.05) is 26.0 Å². The first-order valence-corrected chi connectivity index (χ1v) is 11.1. The van der Waals surface area contributed by atoms with E-state index in [1.165, 1.54) is 0 Å². The summed E-state index contributed by atoms with van der Waals surface area (Å²) in [6.45, 7) is 7.32. The lowest BCUT2D eigenvalue weighted by Gasteiger charge is -2.14. The number of rotatable bonds is 4. The Hall–Kier alpha value is -2.31. The second-order valence-electron chi connectivity index (χ2n) is 6.61. The maximum absolute atomic E-state index is 13.3. The number of hydrogen-bond donors (Lipinski definition) is 0. The van der Waals surface area contributed by atoms with Crippen molar-refractivity contribution >= 4 is 20.6 Å². The Morgan fingerprint density at radius 2 is 1.33 bits per heavy atom. The molecule has 0 spiro atoms. The largest absolute Gasteiger partial charge is 0.247 e. The summed E-state index contributed by atoms with van der Waals surface area (Å²) in [4.78, 5) is 5.08. The van der Waals surface area contributed by atoms with Gasteiger partial charge in [0.05, 0.1) is 4.90 Å². The highest BCUT2D eigenvalue weighted by Gasteiger charge is 2.28. The van der Waals surface area contributed by atoms with Crippen LogP contribution in [0.5, 0.6) is 0 Å². The maximum Gasteiger partial charge on any atom is 0.209 e. The Morgan fingerprint density at radius 3 is 1.89 bits per heavy atom. The van der Waals surface area contributed by atoms with E-state index in [9.17, 15) is 12.6 Å². The van der Waals surface area contributed by atoms with E-state index in [-0.39, 0.29) is 14.8 Å². The average Bonchev–Trinajstić information content (AvgIpc) is 2.61. The first kappa shape index (κ1) is 19.5. The number of sulfone groups is 1. The Balaban J connectivity index is 2.23. The summed E-state index contributed by atoms with van der Waals surface area (Å²) in [5.41, 5.74) is 3.18. The van der Waals surface area contributed by atoms with Gasteiger partial charge in [0, 0.05) is 10.6 Å². The molecule has 0 radical (unpaired) electrons. The quantitative estimate of drug-likeness (QED) is 0.656. The van der Waals surface area contributed by atoms with Crippen LogP contribution in [0.2, 0.25) is 0 Å². The smallest absolute Gasteiger partial charge is 0.209 e. The van der Waals surface area contributed by atoms with Crippen LogP contribution in [0, 0.1) is 27.7 Å². The van der Waals surface area contributed by atoms with Crippen molar-refractivity contribution < 1.29 is 12.6 Å². The van der Waals surface area contributed by atoms with Gasteiger partial charge in [0.2, 0.25) is 9.84 Å². The molecule has 3 aromatic rings. The first-order valence-electron chi connectivity index (χ1n) is 8.48. The predicted octanol–water partition coefficient (Wildman–Crippen LogP) is 4.31. The number of pyridine rings is 1. The zero-order valence-electron chi connectivity index (χ0n) is 15.7. The molecule has 0 aliphatic carbocycles. The number of benzene rings is 2. The number of nitrogens with zero attached hydrogens (tertiary/aromatic N) is 1. The molecule has 140 valence electrons. The van der Waals surface area contributed by atoms with Crippen LogP contribution in [0.3, 0.4) is 0 Å². The topological polar surface area (TPSA) is 64.1 Å². The van der Waals surface area contributed by atoms with Gasteiger partial charge in [0.25, 0.3) is 0 Å². The molecule has 0 N–H and O–H groups in total. The van der Waals surface area contributed by atoms with Gasteiger partial charge in [0.15, 0.2) is 5.03 Å². The van der Waals surface area contributed by atoms with Crippen LogP contribution in [0.1, 0.15) is 22.4 Å². The van der Waals surface area contributed by atoms with Crippen molar-refractivity contribution in [2.75, 3.05) is 0 Å². The highest BCUT2D eigenvalue weighted by atomic mass is 32.2. The van der Waals surface area contributed by atoms with Gasteiger partial charge in [-0.1, -0.05) is 35.4 Å². The van der Waals surface area contributed by atoms with E-state index in [4.69, 9.17) is 0 Å². The van der Waals surface area contributed by atoms with Crippen molar-refractivity contribution in [2.45, 2.75) is 47.4 Å². The molecule has 1 aromatic heterocycles. The van der Waals surface area contributed by atoms with E-state index in [0.29, 0.717) is 16.2 Å². The molecule has 4 nitrogen and oxygen atoms in total. The van der Waals surface area contributed by atoms with Crippen LogP contribution in [-0.4, -0.2) is 17.6 Å². The lowest BCUT2D eigenvalue weighted by molar-refractivity contribution is 0.590. The van der Waals surface area contributed by atoms with Gasteiger partial charge in [-0.15, -0.1) is 0 Å². The molecule has 0 saturated heterocycles. The minimum absolute atomic E-state index is 0.0239. The van der Waals surface area contributed by atoms with Crippen LogP contribution in [-0.2, 0) is 20.6 Å². The molecule has 0 bridgehead atoms. The van der Waals surface area contributed by atoms with Gasteiger partial charge < -0.3 is 0 Å². The van der Waals surface area contributed by atoms with Crippen LogP contribution in [0.25, 0.3) is 0 Å². The number of aromatic nitrogens is 1. The molecule has 0 aliphatic rings. The lowest BCUT2D eigenvalue weighted by atomic mass is 10.2. The van der Waals surface area contributed by atoms with Gasteiger partial charge in [-0.2, -0.15) is 0 Å². The van der Waals surface area contributed by atoms with Gasteiger partial charge in [-0.05, 0) is 63.6 Å². The Kier molecular flexibility index (Phi) is 5.31. The highest BCUT2D eigenvalue weighted by molar-refractivity contribution is 7.92. The molecular formula is C21H21NO3S2. The van der Waals surface area contributed by atoms with E-state index < -0.39 is 20.6 Å². The summed E-state index contributed by atoms with van der Waals surface area (Å²) in [5, 5.41) is 0.0805. The van der Waals surface area contributed by atoms with Crippen molar-refractivity contribution in [3.05, 3.63) is 77.0 Å². The summed E-state index contributed by atoms with van der Waals surface area (Å²) in [5.74, 6) is 0. The first-order chi connectivity index (χ1) is 12.7. The van der Waals surface area contributed by atoms with Crippen LogP contribution < -0.4 is 0 Å². The van der Waals surface area contributed by atoms with Gasteiger partial charge in [-0.25, -0.2) is 17.6 Å². The molecule has 1 heterocycles. The summed E-state index contributed by atoms with van der Waals surface area (Å²) < 4.78 is 39.8. The van der Waals surface area contributed by atoms with Gasteiger partial charge >= 0.3 is 0 Å². The fourth-order valence-electron chi connectivity index (χ4n) is 2.85. The summed E-state index contributed by atoms with van der Waals surface area (Å²) in [7, 11) is -5.55. The molecule has 3 rings (SSSR count). The van der Waals surface area contributed by atoms with Crippen molar-refractivity contribution in [3.8, 4) is 0 Å². The fraction of sp³-hybridized carbons (Fsp3) is 0.190. The second-order valence-corrected chi connectivity index (χ2v) is 9.90. The van der Waals surface area contributed by atoms with E-state index in [1.54, 1.807) is 56.3 Å². The number of aryl methyl sites for hydroxylation is 4. The summed E-state index contributed by atoms with van der Waals surface area (Å²) in [6.07, 6.45) is 0. The van der Waals surface area contributed by atoms with Crippen molar-refractivity contribution in [2.24, 2.45) is 0 Å². The summed E-state index contributed by atoms with van der Waals surface area (Å²) in [6, 6.07) is 15.5. The van der Waals surface area contributed by atoms with Crippen molar-refractivity contribution in [1.29, 1.82) is 0 Å². The van der Waals surface area contributed by atoms with E-state index in [0.717, 1.165) is 11.1 Å². The van der Waals surface area contributed by atoms with Crippen molar-refractivity contribution in [1.82, 2.24) is 4.98 Å². The Labute approximate surface area is 162 Å². The molecule has 0 saturated carbocycles. The zero-order valence-corrected chi connectivity index (χ0v) is 17.3. The Bertz CT molecular complexity index is 1120. The molecular weight excluding hydrogens is 378 g/mol. The molecule has 6 heteroatoms. The third-order valence-electron chi connectivity index (χ3n) is 4.27. The standard InChI is InChI=1S/C21H21NO3S2/c1-14-5-9-18(10-6-14)26(23)21-20(16(3)13-17(4)22-21)27(24,25)19-11-7-15(2)8-12-19/h5-13H,1-4H3. The lowest BCUT2D eigenvalue weighted by Crippen LogP contribution is -2.12. The monoisotopic (exact) mass is 399 g/mol. The zero-order chi connectivity index (χ0) is 19.8. The van der Waals surface area contributed by atoms with E-state index in [2.05, 4.69) is 4.98 Å². The average molecular weight is 400 g/mol. The molecule has 1 unspecified atom stereocenters. The minimum atomic E-state index is -3.85. The van der Waals surface area contributed by atoms with Crippen LogP contribution in [0.15, 0.2) is 74.3 Å². The highest BCUT2D eigenvalue weighted by Crippen LogP contribution is 2.31. The summed E-state index contributed by atoms with van der Waals surface area (Å²) >= 11 is 0. The predicted molar refractivity (Wildman–Crippen MR) is 106 cm³/mol. The number of hydrogen-bond acceptors (Lipinski definition) is 4. The molecule has 0 aliphatic heterocycles. The van der Waals surface area contributed by atoms with E-state index >= 15 is 0 Å². The van der Waals surface area contributed by atoms with Crippen LogP contribution >= 0.6 is 0 Å². The molecule has 1 atom stereocenters. The van der Waals surface area contributed by atoms with Crippen molar-refractivity contribution in [3.63, 3.8) is 0 Å². The Morgan fingerprint density at radius 1 is 0.815 bits per heavy atom. The fourth-order valence-corrected chi connectivity index (χ4v) is 6.06. The molecule has 2 aromatic carbocycles. The third-order valence-corrected chi connectivity index (χ3v) is 7.69. The third kappa shape index (κ3) is 3.87. The van der Waals surface area contributed by atoms with Gasteiger partial charge in [0.1, 0.15) is 15.7 Å².